The zero-order valence-corrected chi connectivity index (χ0v) is 16.0. The number of ether oxygens (including phenoxy) is 2. The third kappa shape index (κ3) is 4.98. The summed E-state index contributed by atoms with van der Waals surface area (Å²) in [5.74, 6) is -5.14. The molecule has 2 aromatic carbocycles. The molecular weight excluding hydrogens is 444 g/mol. The van der Waals surface area contributed by atoms with E-state index in [-0.39, 0.29) is 19.3 Å². The smallest absolute Gasteiger partial charge is 0.455 e. The molecule has 0 spiro atoms. The molecule has 0 saturated carbocycles. The SMILES string of the molecule is O=C(c1cc(C(=O)C(F)(F)F)c2cccnc2c1OCCOc1ccccc1)C(F)(F)F. The van der Waals surface area contributed by atoms with Crippen molar-refractivity contribution in [2.24, 2.45) is 0 Å². The molecule has 1 aromatic heterocycles. The topological polar surface area (TPSA) is 65.5 Å². The number of aromatic nitrogens is 1. The van der Waals surface area contributed by atoms with Gasteiger partial charge >= 0.3 is 12.4 Å². The second kappa shape index (κ2) is 8.85. The van der Waals surface area contributed by atoms with Crippen molar-refractivity contribution in [1.82, 2.24) is 4.98 Å². The van der Waals surface area contributed by atoms with Gasteiger partial charge in [-0.05, 0) is 24.3 Å². The maximum atomic E-state index is 13.1. The molecule has 0 bridgehead atoms. The number of hydrogen-bond acceptors (Lipinski definition) is 5. The van der Waals surface area contributed by atoms with Crippen LogP contribution >= 0.6 is 0 Å². The number of halogens is 6. The lowest BCUT2D eigenvalue weighted by Gasteiger charge is -2.17. The molecule has 0 saturated heterocycles. The number of carbonyl (C=O) groups is 2. The van der Waals surface area contributed by atoms with Gasteiger partial charge in [-0.15, -0.1) is 0 Å². The van der Waals surface area contributed by atoms with E-state index >= 15 is 0 Å². The van der Waals surface area contributed by atoms with Crippen LogP contribution in [0.2, 0.25) is 0 Å². The number of pyridine rings is 1. The monoisotopic (exact) mass is 457 g/mol. The van der Waals surface area contributed by atoms with Gasteiger partial charge in [0.1, 0.15) is 24.5 Å². The number of hydrogen-bond donors (Lipinski definition) is 0. The lowest BCUT2D eigenvalue weighted by Crippen LogP contribution is -2.27. The molecule has 0 aliphatic heterocycles. The fourth-order valence-corrected chi connectivity index (χ4v) is 2.85. The summed E-state index contributed by atoms with van der Waals surface area (Å²) in [7, 11) is 0. The van der Waals surface area contributed by atoms with Crippen molar-refractivity contribution < 1.29 is 45.4 Å². The Bertz CT molecular complexity index is 1140. The molecule has 0 fully saturated rings. The van der Waals surface area contributed by atoms with E-state index in [1.165, 1.54) is 6.07 Å². The maximum Gasteiger partial charge on any atom is 0.455 e. The largest absolute Gasteiger partial charge is 0.490 e. The summed E-state index contributed by atoms with van der Waals surface area (Å²) in [5.41, 5.74) is -2.88. The third-order valence-electron chi connectivity index (χ3n) is 4.19. The molecular formula is C21H13F6NO4. The van der Waals surface area contributed by atoms with Crippen LogP contribution in [0.15, 0.2) is 54.7 Å². The van der Waals surface area contributed by atoms with Crippen molar-refractivity contribution in [2.75, 3.05) is 13.2 Å². The van der Waals surface area contributed by atoms with Gasteiger partial charge in [0.2, 0.25) is 0 Å². The summed E-state index contributed by atoms with van der Waals surface area (Å²) in [5, 5.41) is -0.410. The second-order valence-electron chi connectivity index (χ2n) is 6.36. The zero-order valence-electron chi connectivity index (χ0n) is 16.0. The minimum absolute atomic E-state index is 0.152. The average molecular weight is 457 g/mol. The average Bonchev–Trinajstić information content (AvgIpc) is 2.75. The van der Waals surface area contributed by atoms with Crippen LogP contribution in [0.25, 0.3) is 10.9 Å². The Balaban J connectivity index is 2.05. The summed E-state index contributed by atoms with van der Waals surface area (Å²) in [6, 6.07) is 10.8. The Hall–Kier alpha value is -3.63. The van der Waals surface area contributed by atoms with E-state index < -0.39 is 51.7 Å². The van der Waals surface area contributed by atoms with E-state index in [4.69, 9.17) is 9.47 Å². The second-order valence-corrected chi connectivity index (χ2v) is 6.36. The van der Waals surface area contributed by atoms with Crippen LogP contribution in [0.3, 0.4) is 0 Å². The van der Waals surface area contributed by atoms with Gasteiger partial charge in [0, 0.05) is 17.1 Å². The lowest BCUT2D eigenvalue weighted by molar-refractivity contribution is -0.0888. The minimum atomic E-state index is -5.43. The van der Waals surface area contributed by atoms with Crippen LogP contribution in [-0.4, -0.2) is 42.1 Å². The minimum Gasteiger partial charge on any atom is -0.490 e. The molecule has 0 atom stereocenters. The van der Waals surface area contributed by atoms with E-state index in [2.05, 4.69) is 4.98 Å². The first-order valence-electron chi connectivity index (χ1n) is 8.95. The van der Waals surface area contributed by atoms with Crippen molar-refractivity contribution in [3.05, 3.63) is 65.9 Å². The molecule has 3 aromatic rings. The van der Waals surface area contributed by atoms with Crippen molar-refractivity contribution >= 4 is 22.5 Å². The Morgan fingerprint density at radius 3 is 2.00 bits per heavy atom. The Kier molecular flexibility index (Phi) is 6.37. The summed E-state index contributed by atoms with van der Waals surface area (Å²) in [4.78, 5) is 27.5. The molecule has 168 valence electrons. The van der Waals surface area contributed by atoms with Gasteiger partial charge in [0.25, 0.3) is 11.6 Å². The highest BCUT2D eigenvalue weighted by Crippen LogP contribution is 2.37. The number of rotatable bonds is 7. The van der Waals surface area contributed by atoms with Crippen molar-refractivity contribution in [3.63, 3.8) is 0 Å². The number of fused-ring (bicyclic) bond motifs is 1. The first-order chi connectivity index (χ1) is 15.0. The van der Waals surface area contributed by atoms with E-state index in [0.717, 1.165) is 12.3 Å². The highest BCUT2D eigenvalue weighted by atomic mass is 19.4. The van der Waals surface area contributed by atoms with Crippen LogP contribution in [0.1, 0.15) is 20.7 Å². The van der Waals surface area contributed by atoms with Gasteiger partial charge in [-0.2, -0.15) is 26.3 Å². The standard InChI is InChI=1S/C21H13F6NO4/c22-20(23,24)18(29)14-11-15(19(30)21(25,26)27)17(16-13(14)7-4-8-28-16)32-10-9-31-12-5-2-1-3-6-12/h1-8,11H,9-10H2. The molecule has 11 heteroatoms. The molecule has 0 radical (unpaired) electrons. The number of Topliss-reactive ketones (excluding diaryl/α,β-unsaturated/α-hetero) is 2. The summed E-state index contributed by atoms with van der Waals surface area (Å²) >= 11 is 0. The third-order valence-corrected chi connectivity index (χ3v) is 4.19. The molecule has 0 aliphatic carbocycles. The summed E-state index contributed by atoms with van der Waals surface area (Å²) < 4.78 is 89.1. The van der Waals surface area contributed by atoms with E-state index in [1.54, 1.807) is 30.3 Å². The predicted octanol–water partition coefficient (Wildman–Crippen LogP) is 5.18. The molecule has 3 rings (SSSR count). The molecule has 32 heavy (non-hydrogen) atoms. The van der Waals surface area contributed by atoms with Gasteiger partial charge in [0.05, 0.1) is 5.56 Å². The molecule has 0 unspecified atom stereocenters. The number of carbonyl (C=O) groups excluding carboxylic acids is 2. The van der Waals surface area contributed by atoms with Crippen LogP contribution in [0.4, 0.5) is 26.3 Å². The van der Waals surface area contributed by atoms with Gasteiger partial charge in [-0.1, -0.05) is 24.3 Å². The van der Waals surface area contributed by atoms with Gasteiger partial charge in [0.15, 0.2) is 5.75 Å². The Morgan fingerprint density at radius 1 is 0.781 bits per heavy atom. The number of nitrogens with zero attached hydrogens (tertiary/aromatic N) is 1. The van der Waals surface area contributed by atoms with Gasteiger partial charge in [-0.3, -0.25) is 14.6 Å². The van der Waals surface area contributed by atoms with Crippen molar-refractivity contribution in [3.8, 4) is 11.5 Å². The molecule has 0 aliphatic rings. The molecule has 0 amide bonds. The van der Waals surface area contributed by atoms with E-state index in [1.807, 2.05) is 0 Å². The molecule has 5 nitrogen and oxygen atoms in total. The van der Waals surface area contributed by atoms with E-state index in [9.17, 15) is 35.9 Å². The summed E-state index contributed by atoms with van der Waals surface area (Å²) in [6.45, 7) is -0.507. The first-order valence-corrected chi connectivity index (χ1v) is 8.95. The quantitative estimate of drug-likeness (QED) is 0.278. The van der Waals surface area contributed by atoms with Crippen LogP contribution in [-0.2, 0) is 0 Å². The number of ketones is 2. The van der Waals surface area contributed by atoms with Crippen LogP contribution in [0.5, 0.6) is 11.5 Å². The fraction of sp³-hybridized carbons (Fsp3) is 0.190. The normalized spacial score (nSPS) is 11.9. The maximum absolute atomic E-state index is 13.1. The summed E-state index contributed by atoms with van der Waals surface area (Å²) in [6.07, 6.45) is -9.73. The van der Waals surface area contributed by atoms with E-state index in [0.29, 0.717) is 5.75 Å². The van der Waals surface area contributed by atoms with Crippen LogP contribution < -0.4 is 9.47 Å². The highest BCUT2D eigenvalue weighted by Gasteiger charge is 2.44. The first kappa shape index (κ1) is 23.0. The van der Waals surface area contributed by atoms with Crippen LogP contribution in [0, 0.1) is 0 Å². The fourth-order valence-electron chi connectivity index (χ4n) is 2.85. The van der Waals surface area contributed by atoms with Gasteiger partial charge < -0.3 is 9.47 Å². The van der Waals surface area contributed by atoms with Crippen molar-refractivity contribution in [1.29, 1.82) is 0 Å². The molecule has 0 N–H and O–H groups in total. The number of para-hydroxylation sites is 1. The molecule has 1 heterocycles. The Morgan fingerprint density at radius 2 is 1.38 bits per heavy atom. The highest BCUT2D eigenvalue weighted by molar-refractivity contribution is 6.15. The number of alkyl halides is 6. The zero-order chi connectivity index (χ0) is 23.5. The van der Waals surface area contributed by atoms with Crippen molar-refractivity contribution in [2.45, 2.75) is 12.4 Å². The Labute approximate surface area is 176 Å². The number of benzene rings is 2. The van der Waals surface area contributed by atoms with Gasteiger partial charge in [-0.25, -0.2) is 0 Å². The predicted molar refractivity (Wildman–Crippen MR) is 99.9 cm³/mol. The lowest BCUT2D eigenvalue weighted by atomic mass is 9.97.